The van der Waals surface area contributed by atoms with Crippen molar-refractivity contribution in [2.24, 2.45) is 0 Å². The van der Waals surface area contributed by atoms with E-state index in [1.165, 1.54) is 0 Å². The van der Waals surface area contributed by atoms with E-state index in [2.05, 4.69) is 20.3 Å². The first kappa shape index (κ1) is 13.5. The van der Waals surface area contributed by atoms with E-state index in [1.807, 2.05) is 20.8 Å². The van der Waals surface area contributed by atoms with Gasteiger partial charge in [-0.05, 0) is 6.07 Å². The molecule has 2 heterocycles. The Balaban J connectivity index is 2.10. The highest BCUT2D eigenvalue weighted by Crippen LogP contribution is 2.18. The fraction of sp³-hybridized carbons (Fsp3) is 0.308. The van der Waals surface area contributed by atoms with Crippen molar-refractivity contribution in [1.29, 1.82) is 0 Å². The summed E-state index contributed by atoms with van der Waals surface area (Å²) in [6.45, 7) is 6.09. The predicted octanol–water partition coefficient (Wildman–Crippen LogP) is 3.01. The SMILES string of the molecule is CC(C)(C)c1ncc(NC(=O)c2cc(Cl)c[nH]2)cn1. The van der Waals surface area contributed by atoms with Gasteiger partial charge in [0, 0.05) is 11.6 Å². The van der Waals surface area contributed by atoms with E-state index in [9.17, 15) is 4.79 Å². The molecule has 0 aliphatic rings. The molecule has 0 atom stereocenters. The Morgan fingerprint density at radius 2 is 1.95 bits per heavy atom. The minimum Gasteiger partial charge on any atom is -0.356 e. The van der Waals surface area contributed by atoms with Crippen molar-refractivity contribution in [2.45, 2.75) is 26.2 Å². The Labute approximate surface area is 116 Å². The third-order valence-corrected chi connectivity index (χ3v) is 2.69. The van der Waals surface area contributed by atoms with Crippen LogP contribution in [0.4, 0.5) is 5.69 Å². The number of rotatable bonds is 2. The van der Waals surface area contributed by atoms with Crippen molar-refractivity contribution in [3.05, 3.63) is 41.2 Å². The van der Waals surface area contributed by atoms with Crippen molar-refractivity contribution in [2.75, 3.05) is 5.32 Å². The van der Waals surface area contributed by atoms with Gasteiger partial charge in [-0.25, -0.2) is 9.97 Å². The molecule has 0 aromatic carbocycles. The van der Waals surface area contributed by atoms with Crippen LogP contribution in [0.1, 0.15) is 37.1 Å². The third-order valence-electron chi connectivity index (χ3n) is 2.47. The number of nitrogens with one attached hydrogen (secondary N) is 2. The topological polar surface area (TPSA) is 70.7 Å². The maximum Gasteiger partial charge on any atom is 0.272 e. The van der Waals surface area contributed by atoms with Gasteiger partial charge in [0.05, 0.1) is 23.1 Å². The number of carbonyl (C=O) groups excluding carboxylic acids is 1. The minimum atomic E-state index is -0.279. The smallest absolute Gasteiger partial charge is 0.272 e. The molecule has 5 nitrogen and oxygen atoms in total. The van der Waals surface area contributed by atoms with Crippen LogP contribution in [0, 0.1) is 0 Å². The molecule has 2 aromatic heterocycles. The third kappa shape index (κ3) is 3.32. The summed E-state index contributed by atoms with van der Waals surface area (Å²) in [6.07, 6.45) is 4.74. The van der Waals surface area contributed by atoms with Gasteiger partial charge in [0.25, 0.3) is 5.91 Å². The molecule has 2 rings (SSSR count). The fourth-order valence-corrected chi connectivity index (χ4v) is 1.64. The van der Waals surface area contributed by atoms with Crippen molar-refractivity contribution >= 4 is 23.2 Å². The number of nitrogens with zero attached hydrogens (tertiary/aromatic N) is 2. The van der Waals surface area contributed by atoms with Crippen LogP contribution >= 0.6 is 11.6 Å². The second kappa shape index (κ2) is 5.01. The molecule has 0 fully saturated rings. The molecular formula is C13H15ClN4O. The number of halogens is 1. The summed E-state index contributed by atoms with van der Waals surface area (Å²) in [5.41, 5.74) is 0.823. The fourth-order valence-electron chi connectivity index (χ4n) is 1.48. The number of anilines is 1. The van der Waals surface area contributed by atoms with Crippen LogP contribution in [-0.4, -0.2) is 20.9 Å². The van der Waals surface area contributed by atoms with Crippen LogP contribution in [0.25, 0.3) is 0 Å². The number of carbonyl (C=O) groups is 1. The zero-order chi connectivity index (χ0) is 14.0. The molecule has 0 saturated heterocycles. The number of amides is 1. The van der Waals surface area contributed by atoms with Crippen LogP contribution in [0.15, 0.2) is 24.7 Å². The van der Waals surface area contributed by atoms with Crippen LogP contribution in [-0.2, 0) is 5.41 Å². The number of aromatic amines is 1. The predicted molar refractivity (Wildman–Crippen MR) is 74.5 cm³/mol. The highest BCUT2D eigenvalue weighted by molar-refractivity contribution is 6.31. The van der Waals surface area contributed by atoms with Gasteiger partial charge in [-0.1, -0.05) is 32.4 Å². The van der Waals surface area contributed by atoms with Crippen LogP contribution in [0.2, 0.25) is 5.02 Å². The average molecular weight is 279 g/mol. The highest BCUT2D eigenvalue weighted by Gasteiger charge is 2.17. The second-order valence-electron chi connectivity index (χ2n) is 5.23. The number of hydrogen-bond acceptors (Lipinski definition) is 3. The Bertz CT molecular complexity index is 583. The molecule has 0 aliphatic heterocycles. The van der Waals surface area contributed by atoms with Crippen LogP contribution in [0.5, 0.6) is 0 Å². The highest BCUT2D eigenvalue weighted by atomic mass is 35.5. The molecule has 0 saturated carbocycles. The minimum absolute atomic E-state index is 0.116. The molecule has 0 spiro atoms. The summed E-state index contributed by atoms with van der Waals surface area (Å²) in [5, 5.41) is 3.19. The van der Waals surface area contributed by atoms with Gasteiger partial charge in [0.2, 0.25) is 0 Å². The first-order valence-corrected chi connectivity index (χ1v) is 6.22. The van der Waals surface area contributed by atoms with Crippen molar-refractivity contribution in [3.8, 4) is 0 Å². The van der Waals surface area contributed by atoms with Gasteiger partial charge in [-0.3, -0.25) is 4.79 Å². The lowest BCUT2D eigenvalue weighted by Crippen LogP contribution is -2.17. The maximum absolute atomic E-state index is 11.9. The molecule has 0 aliphatic carbocycles. The largest absolute Gasteiger partial charge is 0.356 e. The summed E-state index contributed by atoms with van der Waals surface area (Å²) in [5.74, 6) is 0.451. The van der Waals surface area contributed by atoms with Gasteiger partial charge in [0.1, 0.15) is 11.5 Å². The molecule has 6 heteroatoms. The molecule has 19 heavy (non-hydrogen) atoms. The number of H-pyrrole nitrogens is 1. The van der Waals surface area contributed by atoms with E-state index < -0.39 is 0 Å². The van der Waals surface area contributed by atoms with Gasteiger partial charge in [0.15, 0.2) is 0 Å². The summed E-state index contributed by atoms with van der Waals surface area (Å²) in [4.78, 5) is 23.1. The quantitative estimate of drug-likeness (QED) is 0.887. The Morgan fingerprint density at radius 1 is 1.32 bits per heavy atom. The van der Waals surface area contributed by atoms with Crippen LogP contribution < -0.4 is 5.32 Å². The zero-order valence-electron chi connectivity index (χ0n) is 11.0. The van der Waals surface area contributed by atoms with Crippen molar-refractivity contribution < 1.29 is 4.79 Å². The Morgan fingerprint density at radius 3 is 2.42 bits per heavy atom. The lowest BCUT2D eigenvalue weighted by molar-refractivity contribution is 0.102. The maximum atomic E-state index is 11.9. The first-order chi connectivity index (χ1) is 8.86. The molecule has 0 unspecified atom stereocenters. The summed E-state index contributed by atoms with van der Waals surface area (Å²) in [6, 6.07) is 1.56. The summed E-state index contributed by atoms with van der Waals surface area (Å²) >= 11 is 5.74. The Kier molecular flexibility index (Phi) is 3.57. The lowest BCUT2D eigenvalue weighted by atomic mass is 9.96. The molecule has 100 valence electrons. The molecule has 1 amide bonds. The van der Waals surface area contributed by atoms with Gasteiger partial charge >= 0.3 is 0 Å². The second-order valence-corrected chi connectivity index (χ2v) is 5.67. The summed E-state index contributed by atoms with van der Waals surface area (Å²) in [7, 11) is 0. The molecule has 0 bridgehead atoms. The zero-order valence-corrected chi connectivity index (χ0v) is 11.7. The van der Waals surface area contributed by atoms with E-state index >= 15 is 0 Å². The average Bonchev–Trinajstić information content (AvgIpc) is 2.75. The van der Waals surface area contributed by atoms with E-state index in [-0.39, 0.29) is 11.3 Å². The Hall–Kier alpha value is -1.88. The lowest BCUT2D eigenvalue weighted by Gasteiger charge is -2.16. The van der Waals surface area contributed by atoms with E-state index in [0.29, 0.717) is 16.4 Å². The van der Waals surface area contributed by atoms with E-state index in [4.69, 9.17) is 11.6 Å². The van der Waals surface area contributed by atoms with E-state index in [0.717, 1.165) is 5.82 Å². The first-order valence-electron chi connectivity index (χ1n) is 5.84. The van der Waals surface area contributed by atoms with E-state index in [1.54, 1.807) is 24.7 Å². The molecular weight excluding hydrogens is 264 g/mol. The van der Waals surface area contributed by atoms with Gasteiger partial charge in [-0.15, -0.1) is 0 Å². The molecule has 2 aromatic rings. The monoisotopic (exact) mass is 278 g/mol. The standard InChI is InChI=1S/C13H15ClN4O/c1-13(2,3)12-16-6-9(7-17-12)18-11(19)10-4-8(14)5-15-10/h4-7,15H,1-3H3,(H,18,19). The van der Waals surface area contributed by atoms with Crippen molar-refractivity contribution in [1.82, 2.24) is 15.0 Å². The summed E-state index contributed by atoms with van der Waals surface area (Å²) < 4.78 is 0. The van der Waals surface area contributed by atoms with Crippen molar-refractivity contribution in [3.63, 3.8) is 0 Å². The van der Waals surface area contributed by atoms with Gasteiger partial charge in [-0.2, -0.15) is 0 Å². The molecule has 2 N–H and O–H groups in total. The number of aromatic nitrogens is 3. The van der Waals surface area contributed by atoms with Crippen LogP contribution in [0.3, 0.4) is 0 Å². The van der Waals surface area contributed by atoms with Gasteiger partial charge < -0.3 is 10.3 Å². The normalized spacial score (nSPS) is 11.4. The number of hydrogen-bond donors (Lipinski definition) is 2. The molecule has 0 radical (unpaired) electrons.